The van der Waals surface area contributed by atoms with E-state index in [4.69, 9.17) is 0 Å². The van der Waals surface area contributed by atoms with Gasteiger partial charge in [0.1, 0.15) is 0 Å². The van der Waals surface area contributed by atoms with Crippen LogP contribution in [0.15, 0.2) is 42.6 Å². The van der Waals surface area contributed by atoms with Crippen molar-refractivity contribution in [3.05, 3.63) is 58.1 Å². The number of amides is 1. The summed E-state index contributed by atoms with van der Waals surface area (Å²) < 4.78 is 25.4. The molecular weight excluding hydrogens is 306 g/mol. The first-order valence-corrected chi connectivity index (χ1v) is 7.58. The molecule has 1 aromatic carbocycles. The number of alkyl halides is 2. The lowest BCUT2D eigenvalue weighted by Crippen LogP contribution is -2.33. The van der Waals surface area contributed by atoms with E-state index in [9.17, 15) is 13.6 Å². The molecule has 3 nitrogen and oxygen atoms in total. The Morgan fingerprint density at radius 2 is 2.09 bits per heavy atom. The molecule has 0 saturated heterocycles. The van der Waals surface area contributed by atoms with Crippen LogP contribution in [0.5, 0.6) is 0 Å². The number of halogens is 2. The first-order chi connectivity index (χ1) is 10.5. The van der Waals surface area contributed by atoms with Gasteiger partial charge in [-0.2, -0.15) is 0 Å². The highest BCUT2D eigenvalue weighted by molar-refractivity contribution is 7.12. The number of rotatable bonds is 6. The molecule has 1 heterocycles. The van der Waals surface area contributed by atoms with E-state index in [1.165, 1.54) is 17.4 Å². The van der Waals surface area contributed by atoms with E-state index in [1.54, 1.807) is 12.3 Å². The second kappa shape index (κ2) is 7.79. The molecule has 2 rings (SSSR count). The predicted molar refractivity (Wildman–Crippen MR) is 83.7 cm³/mol. The minimum Gasteiger partial charge on any atom is -0.329 e. The SMILES string of the molecule is Cc1ncc(/C=C\C(=O)N(Cc2ccccc2)CC(F)F)s1. The molecule has 0 N–H and O–H groups in total. The third-order valence-electron chi connectivity index (χ3n) is 2.92. The van der Waals surface area contributed by atoms with Gasteiger partial charge in [-0.25, -0.2) is 13.8 Å². The predicted octanol–water partition coefficient (Wildman–Crippen LogP) is 3.76. The third kappa shape index (κ3) is 5.04. The molecular formula is C16H16F2N2OS. The first-order valence-electron chi connectivity index (χ1n) is 6.76. The summed E-state index contributed by atoms with van der Waals surface area (Å²) in [6.45, 7) is 1.44. The first kappa shape index (κ1) is 16.3. The van der Waals surface area contributed by atoms with Crippen LogP contribution in [0.1, 0.15) is 15.4 Å². The van der Waals surface area contributed by atoms with Gasteiger partial charge in [0.25, 0.3) is 6.43 Å². The normalized spacial score (nSPS) is 11.3. The van der Waals surface area contributed by atoms with Crippen LogP contribution >= 0.6 is 11.3 Å². The summed E-state index contributed by atoms with van der Waals surface area (Å²) in [5.74, 6) is -0.435. The Bertz CT molecular complexity index is 641. The highest BCUT2D eigenvalue weighted by Gasteiger charge is 2.16. The van der Waals surface area contributed by atoms with Crippen molar-refractivity contribution < 1.29 is 13.6 Å². The molecule has 0 spiro atoms. The molecule has 0 aliphatic heterocycles. The number of hydrogen-bond acceptors (Lipinski definition) is 3. The standard InChI is InChI=1S/C16H16F2N2OS/c1-12-19-9-14(22-12)7-8-16(21)20(11-15(17)18)10-13-5-3-2-4-6-13/h2-9,15H,10-11H2,1H3/b8-7-. The number of carbonyl (C=O) groups excluding carboxylic acids is 1. The van der Waals surface area contributed by atoms with Crippen LogP contribution in [-0.2, 0) is 11.3 Å². The fourth-order valence-corrected chi connectivity index (χ4v) is 2.60. The zero-order valence-corrected chi connectivity index (χ0v) is 12.9. The number of thiazole rings is 1. The zero-order chi connectivity index (χ0) is 15.9. The van der Waals surface area contributed by atoms with Crippen molar-refractivity contribution in [2.75, 3.05) is 6.54 Å². The van der Waals surface area contributed by atoms with Crippen molar-refractivity contribution in [2.24, 2.45) is 0 Å². The molecule has 0 aliphatic carbocycles. The van der Waals surface area contributed by atoms with E-state index in [1.807, 2.05) is 37.3 Å². The maximum absolute atomic E-state index is 12.7. The molecule has 0 fully saturated rings. The van der Waals surface area contributed by atoms with Crippen LogP contribution in [0.25, 0.3) is 6.08 Å². The second-order valence-corrected chi connectivity index (χ2v) is 5.98. The summed E-state index contributed by atoms with van der Waals surface area (Å²) in [7, 11) is 0. The van der Waals surface area contributed by atoms with Gasteiger partial charge < -0.3 is 4.90 Å². The number of nitrogens with zero attached hydrogens (tertiary/aromatic N) is 2. The molecule has 0 saturated carbocycles. The number of hydrogen-bond donors (Lipinski definition) is 0. The van der Waals surface area contributed by atoms with Crippen molar-refractivity contribution >= 4 is 23.3 Å². The fraction of sp³-hybridized carbons (Fsp3) is 0.250. The maximum atomic E-state index is 12.7. The van der Waals surface area contributed by atoms with Gasteiger partial charge in [-0.15, -0.1) is 11.3 Å². The summed E-state index contributed by atoms with van der Waals surface area (Å²) in [5.41, 5.74) is 0.818. The van der Waals surface area contributed by atoms with Crippen molar-refractivity contribution in [3.8, 4) is 0 Å². The number of aryl methyl sites for hydroxylation is 1. The van der Waals surface area contributed by atoms with Gasteiger partial charge in [-0.05, 0) is 18.6 Å². The van der Waals surface area contributed by atoms with Crippen molar-refractivity contribution in [1.29, 1.82) is 0 Å². The summed E-state index contributed by atoms with van der Waals surface area (Å²) >= 11 is 1.44. The van der Waals surface area contributed by atoms with Crippen LogP contribution in [-0.4, -0.2) is 28.8 Å². The Hall–Kier alpha value is -2.08. The molecule has 1 amide bonds. The van der Waals surface area contributed by atoms with Crippen LogP contribution in [0.2, 0.25) is 0 Å². The smallest absolute Gasteiger partial charge is 0.255 e. The number of carbonyl (C=O) groups is 1. The van der Waals surface area contributed by atoms with Crippen LogP contribution in [0, 0.1) is 6.92 Å². The van der Waals surface area contributed by atoms with E-state index < -0.39 is 18.9 Å². The minimum atomic E-state index is -2.56. The monoisotopic (exact) mass is 322 g/mol. The minimum absolute atomic E-state index is 0.163. The Kier molecular flexibility index (Phi) is 5.77. The van der Waals surface area contributed by atoms with E-state index in [2.05, 4.69) is 4.98 Å². The number of aromatic nitrogens is 1. The second-order valence-electron chi connectivity index (χ2n) is 4.71. The average molecular weight is 322 g/mol. The molecule has 1 aromatic heterocycles. The van der Waals surface area contributed by atoms with Gasteiger partial charge in [-0.1, -0.05) is 30.3 Å². The quantitative estimate of drug-likeness (QED) is 0.759. The van der Waals surface area contributed by atoms with Gasteiger partial charge in [0.2, 0.25) is 5.91 Å². The third-order valence-corrected chi connectivity index (χ3v) is 3.79. The van der Waals surface area contributed by atoms with Gasteiger partial charge in [-0.3, -0.25) is 4.79 Å². The molecule has 0 atom stereocenters. The summed E-state index contributed by atoms with van der Waals surface area (Å²) in [6, 6.07) is 9.09. The summed E-state index contributed by atoms with van der Waals surface area (Å²) in [4.78, 5) is 18.2. The lowest BCUT2D eigenvalue weighted by Gasteiger charge is -2.20. The van der Waals surface area contributed by atoms with Crippen LogP contribution in [0.4, 0.5) is 8.78 Å². The molecule has 116 valence electrons. The Morgan fingerprint density at radius 1 is 1.36 bits per heavy atom. The lowest BCUT2D eigenvalue weighted by atomic mass is 10.2. The van der Waals surface area contributed by atoms with Crippen LogP contribution in [0.3, 0.4) is 0 Å². The van der Waals surface area contributed by atoms with Crippen molar-refractivity contribution in [2.45, 2.75) is 19.9 Å². The summed E-state index contributed by atoms with van der Waals surface area (Å²) in [5, 5.41) is 0.890. The van der Waals surface area contributed by atoms with Gasteiger partial charge in [0.15, 0.2) is 0 Å². The summed E-state index contributed by atoms with van der Waals surface area (Å²) in [6.07, 6.45) is 2.01. The molecule has 0 radical (unpaired) electrons. The number of benzene rings is 1. The zero-order valence-electron chi connectivity index (χ0n) is 12.1. The van der Waals surface area contributed by atoms with Crippen molar-refractivity contribution in [1.82, 2.24) is 9.88 Å². The van der Waals surface area contributed by atoms with Gasteiger partial charge >= 0.3 is 0 Å². The topological polar surface area (TPSA) is 33.2 Å². The highest BCUT2D eigenvalue weighted by Crippen LogP contribution is 2.14. The van der Waals surface area contributed by atoms with E-state index in [0.717, 1.165) is 20.3 Å². The molecule has 22 heavy (non-hydrogen) atoms. The van der Waals surface area contributed by atoms with E-state index >= 15 is 0 Å². The highest BCUT2D eigenvalue weighted by atomic mass is 32.1. The Balaban J connectivity index is 2.07. The molecule has 6 heteroatoms. The van der Waals surface area contributed by atoms with Crippen molar-refractivity contribution in [3.63, 3.8) is 0 Å². The van der Waals surface area contributed by atoms with Gasteiger partial charge in [0, 0.05) is 23.7 Å². The average Bonchev–Trinajstić information content (AvgIpc) is 2.90. The van der Waals surface area contributed by atoms with E-state index in [0.29, 0.717) is 0 Å². The molecule has 0 unspecified atom stereocenters. The lowest BCUT2D eigenvalue weighted by molar-refractivity contribution is -0.128. The fourth-order valence-electron chi connectivity index (χ4n) is 1.92. The molecule has 0 bridgehead atoms. The van der Waals surface area contributed by atoms with E-state index in [-0.39, 0.29) is 6.54 Å². The molecule has 2 aromatic rings. The van der Waals surface area contributed by atoms with Crippen LogP contribution < -0.4 is 0 Å². The molecule has 0 aliphatic rings. The Labute approximate surface area is 131 Å². The Morgan fingerprint density at radius 3 is 2.68 bits per heavy atom. The van der Waals surface area contributed by atoms with Gasteiger partial charge in [0.05, 0.1) is 11.6 Å². The maximum Gasteiger partial charge on any atom is 0.255 e. The largest absolute Gasteiger partial charge is 0.329 e.